The molecule has 1 aromatic carbocycles. The molecule has 2 heterocycles. The van der Waals surface area contributed by atoms with Crippen LogP contribution in [0.2, 0.25) is 0 Å². The zero-order valence-electron chi connectivity index (χ0n) is 15.0. The van der Waals surface area contributed by atoms with Crippen molar-refractivity contribution in [3.63, 3.8) is 0 Å². The second kappa shape index (κ2) is 7.47. The van der Waals surface area contributed by atoms with Gasteiger partial charge in [0.15, 0.2) is 0 Å². The summed E-state index contributed by atoms with van der Waals surface area (Å²) in [5, 5.41) is 6.04. The number of para-hydroxylation sites is 1. The zero-order chi connectivity index (χ0) is 18.7. The van der Waals surface area contributed by atoms with Crippen LogP contribution in [0.3, 0.4) is 0 Å². The monoisotopic (exact) mass is 374 g/mol. The number of carbonyl (C=O) groups is 2. The summed E-state index contributed by atoms with van der Waals surface area (Å²) < 4.78 is 11.0. The molecule has 0 atom stereocenters. The molecule has 0 bridgehead atoms. The number of thiophene rings is 1. The molecule has 0 saturated carbocycles. The van der Waals surface area contributed by atoms with Crippen molar-refractivity contribution in [3.8, 4) is 0 Å². The van der Waals surface area contributed by atoms with Crippen molar-refractivity contribution in [2.45, 2.75) is 39.4 Å². The summed E-state index contributed by atoms with van der Waals surface area (Å²) in [5.74, 6) is -0.419. The van der Waals surface area contributed by atoms with Gasteiger partial charge in [-0.25, -0.2) is 9.59 Å². The largest absolute Gasteiger partial charge is 0.462 e. The van der Waals surface area contributed by atoms with Crippen molar-refractivity contribution in [1.82, 2.24) is 0 Å². The van der Waals surface area contributed by atoms with Crippen LogP contribution in [0.25, 0.3) is 0 Å². The number of nitrogens with one attached hydrogen (secondary N) is 2. The van der Waals surface area contributed by atoms with E-state index in [0.29, 0.717) is 29.3 Å². The SMILES string of the molecule is CCOC(=O)c1c(NC(=O)Nc2ccccc2)sc2c1CC(C)(C)OC2. The van der Waals surface area contributed by atoms with Crippen LogP contribution >= 0.6 is 11.3 Å². The number of hydrogen-bond acceptors (Lipinski definition) is 5. The summed E-state index contributed by atoms with van der Waals surface area (Å²) in [6, 6.07) is 8.73. The van der Waals surface area contributed by atoms with Gasteiger partial charge in [0.25, 0.3) is 0 Å². The Morgan fingerprint density at radius 2 is 1.96 bits per heavy atom. The Morgan fingerprint density at radius 1 is 1.23 bits per heavy atom. The lowest BCUT2D eigenvalue weighted by atomic mass is 9.93. The molecular formula is C19H22N2O4S. The molecule has 2 aromatic rings. The van der Waals surface area contributed by atoms with Crippen molar-refractivity contribution in [1.29, 1.82) is 0 Å². The Kier molecular flexibility index (Phi) is 5.29. The molecule has 26 heavy (non-hydrogen) atoms. The van der Waals surface area contributed by atoms with Gasteiger partial charge >= 0.3 is 12.0 Å². The van der Waals surface area contributed by atoms with Crippen molar-refractivity contribution in [3.05, 3.63) is 46.3 Å². The third-order valence-electron chi connectivity index (χ3n) is 4.03. The molecule has 1 aromatic heterocycles. The maximum Gasteiger partial charge on any atom is 0.341 e. The Labute approximate surface area is 156 Å². The van der Waals surface area contributed by atoms with E-state index in [-0.39, 0.29) is 12.2 Å². The van der Waals surface area contributed by atoms with Gasteiger partial charge in [0, 0.05) is 17.0 Å². The van der Waals surface area contributed by atoms with Crippen LogP contribution in [0, 0.1) is 0 Å². The highest BCUT2D eigenvalue weighted by Crippen LogP contribution is 2.40. The number of carbonyl (C=O) groups excluding carboxylic acids is 2. The lowest BCUT2D eigenvalue weighted by molar-refractivity contribution is -0.0384. The highest BCUT2D eigenvalue weighted by Gasteiger charge is 2.34. The van der Waals surface area contributed by atoms with Gasteiger partial charge in [0.1, 0.15) is 5.00 Å². The van der Waals surface area contributed by atoms with Crippen molar-refractivity contribution < 1.29 is 19.1 Å². The fourth-order valence-corrected chi connectivity index (χ4v) is 3.96. The van der Waals surface area contributed by atoms with Gasteiger partial charge in [-0.2, -0.15) is 0 Å². The highest BCUT2D eigenvalue weighted by molar-refractivity contribution is 7.17. The Morgan fingerprint density at radius 3 is 2.65 bits per heavy atom. The van der Waals surface area contributed by atoms with Crippen LogP contribution in [-0.4, -0.2) is 24.2 Å². The normalized spacial score (nSPS) is 15.0. The topological polar surface area (TPSA) is 76.7 Å². The summed E-state index contributed by atoms with van der Waals surface area (Å²) in [6.45, 7) is 6.43. The first-order valence-electron chi connectivity index (χ1n) is 8.48. The maximum absolute atomic E-state index is 12.5. The minimum Gasteiger partial charge on any atom is -0.462 e. The van der Waals surface area contributed by atoms with Gasteiger partial charge in [0.2, 0.25) is 0 Å². The molecule has 3 rings (SSSR count). The lowest BCUT2D eigenvalue weighted by Gasteiger charge is -2.30. The smallest absolute Gasteiger partial charge is 0.341 e. The molecular weight excluding hydrogens is 352 g/mol. The van der Waals surface area contributed by atoms with E-state index in [4.69, 9.17) is 9.47 Å². The van der Waals surface area contributed by atoms with Gasteiger partial charge in [-0.1, -0.05) is 18.2 Å². The van der Waals surface area contributed by atoms with Crippen LogP contribution in [0.15, 0.2) is 30.3 Å². The molecule has 0 radical (unpaired) electrons. The molecule has 0 aliphatic carbocycles. The number of esters is 1. The Balaban J connectivity index is 1.87. The molecule has 0 fully saturated rings. The van der Waals surface area contributed by atoms with Crippen LogP contribution in [0.5, 0.6) is 0 Å². The van der Waals surface area contributed by atoms with Crippen LogP contribution < -0.4 is 10.6 Å². The number of ether oxygens (including phenoxy) is 2. The molecule has 1 aliphatic rings. The van der Waals surface area contributed by atoms with E-state index in [0.717, 1.165) is 10.4 Å². The zero-order valence-corrected chi connectivity index (χ0v) is 15.9. The molecule has 2 amide bonds. The van der Waals surface area contributed by atoms with Crippen molar-refractivity contribution >= 4 is 34.0 Å². The van der Waals surface area contributed by atoms with E-state index in [2.05, 4.69) is 10.6 Å². The van der Waals surface area contributed by atoms with Gasteiger partial charge in [-0.15, -0.1) is 11.3 Å². The molecule has 0 spiro atoms. The summed E-state index contributed by atoms with van der Waals surface area (Å²) in [7, 11) is 0. The Hall–Kier alpha value is -2.38. The number of benzene rings is 1. The summed E-state index contributed by atoms with van der Waals surface area (Å²) in [6.07, 6.45) is 0.592. The fraction of sp³-hybridized carbons (Fsp3) is 0.368. The standard InChI is InChI=1S/C19H22N2O4S/c1-4-24-17(22)15-13-10-19(2,3)25-11-14(13)26-16(15)21-18(23)20-12-8-6-5-7-9-12/h5-9H,4,10-11H2,1-3H3,(H2,20,21,23). The number of rotatable bonds is 4. The average molecular weight is 374 g/mol. The fourth-order valence-electron chi connectivity index (χ4n) is 2.85. The first-order valence-corrected chi connectivity index (χ1v) is 9.30. The molecule has 2 N–H and O–H groups in total. The van der Waals surface area contributed by atoms with Gasteiger partial charge in [-0.3, -0.25) is 5.32 Å². The molecule has 0 saturated heterocycles. The van der Waals surface area contributed by atoms with E-state index in [1.54, 1.807) is 19.1 Å². The first kappa shape index (κ1) is 18.4. The van der Waals surface area contributed by atoms with Crippen molar-refractivity contribution in [2.24, 2.45) is 0 Å². The first-order chi connectivity index (χ1) is 12.4. The van der Waals surface area contributed by atoms with Crippen molar-refractivity contribution in [2.75, 3.05) is 17.2 Å². The number of urea groups is 1. The van der Waals surface area contributed by atoms with E-state index in [1.165, 1.54) is 11.3 Å². The predicted molar refractivity (Wildman–Crippen MR) is 102 cm³/mol. The predicted octanol–water partition coefficient (Wildman–Crippen LogP) is 4.42. The summed E-state index contributed by atoms with van der Waals surface area (Å²) >= 11 is 1.36. The van der Waals surface area contributed by atoms with E-state index >= 15 is 0 Å². The molecule has 6 nitrogen and oxygen atoms in total. The van der Waals surface area contributed by atoms with Gasteiger partial charge in [0.05, 0.1) is 24.4 Å². The quantitative estimate of drug-likeness (QED) is 0.777. The minimum atomic E-state index is -0.419. The number of hydrogen-bond donors (Lipinski definition) is 2. The van der Waals surface area contributed by atoms with Gasteiger partial charge in [-0.05, 0) is 38.5 Å². The van der Waals surface area contributed by atoms with Crippen LogP contribution in [0.1, 0.15) is 41.6 Å². The second-order valence-corrected chi connectivity index (χ2v) is 7.70. The Bertz CT molecular complexity index is 814. The van der Waals surface area contributed by atoms with E-state index in [9.17, 15) is 9.59 Å². The number of amides is 2. The molecule has 7 heteroatoms. The number of fused-ring (bicyclic) bond motifs is 1. The lowest BCUT2D eigenvalue weighted by Crippen LogP contribution is -2.32. The van der Waals surface area contributed by atoms with E-state index in [1.807, 2.05) is 32.0 Å². The number of anilines is 2. The third kappa shape index (κ3) is 4.05. The second-order valence-electron chi connectivity index (χ2n) is 6.60. The van der Waals surface area contributed by atoms with Crippen LogP contribution in [0.4, 0.5) is 15.5 Å². The van der Waals surface area contributed by atoms with E-state index < -0.39 is 12.0 Å². The molecule has 138 valence electrons. The minimum absolute atomic E-state index is 0.277. The molecule has 0 unspecified atom stereocenters. The average Bonchev–Trinajstić information content (AvgIpc) is 2.91. The summed E-state index contributed by atoms with van der Waals surface area (Å²) in [4.78, 5) is 25.8. The summed E-state index contributed by atoms with van der Waals surface area (Å²) in [5.41, 5.74) is 1.65. The molecule has 1 aliphatic heterocycles. The maximum atomic E-state index is 12.5. The highest BCUT2D eigenvalue weighted by atomic mass is 32.1. The van der Waals surface area contributed by atoms with Crippen LogP contribution in [-0.2, 0) is 22.5 Å². The third-order valence-corrected chi connectivity index (χ3v) is 5.15. The van der Waals surface area contributed by atoms with Gasteiger partial charge < -0.3 is 14.8 Å².